The first kappa shape index (κ1) is 13.2. The number of benzene rings is 1. The highest BCUT2D eigenvalue weighted by Gasteiger charge is 2.15. The Morgan fingerprint density at radius 1 is 1.26 bits per heavy atom. The van der Waals surface area contributed by atoms with E-state index in [1.165, 1.54) is 0 Å². The molecule has 1 aromatic carbocycles. The third-order valence-electron chi connectivity index (χ3n) is 2.82. The first-order chi connectivity index (χ1) is 9.11. The molecule has 2 aromatic rings. The molecule has 19 heavy (non-hydrogen) atoms. The zero-order chi connectivity index (χ0) is 13.8. The molecule has 0 saturated heterocycles. The molecule has 0 fully saturated rings. The number of carbonyl (C=O) groups excluding carboxylic acids is 2. The normalized spacial score (nSPS) is 10.4. The van der Waals surface area contributed by atoms with Crippen molar-refractivity contribution in [3.8, 4) is 0 Å². The lowest BCUT2D eigenvalue weighted by Crippen LogP contribution is -2.12. The summed E-state index contributed by atoms with van der Waals surface area (Å²) in [6.07, 6.45) is -0.265. The van der Waals surface area contributed by atoms with E-state index in [1.54, 1.807) is 13.0 Å². The molecule has 0 bridgehead atoms. The minimum atomic E-state index is -0.514. The second-order valence-corrected chi connectivity index (χ2v) is 4.25. The molecule has 2 rings (SSSR count). The van der Waals surface area contributed by atoms with Gasteiger partial charge in [0.25, 0.3) is 0 Å². The van der Waals surface area contributed by atoms with E-state index < -0.39 is 5.97 Å². The number of nitrogens with zero attached hydrogens (tertiary/aromatic N) is 1. The van der Waals surface area contributed by atoms with Gasteiger partial charge in [-0.05, 0) is 31.5 Å². The van der Waals surface area contributed by atoms with Crippen LogP contribution in [0.25, 0.3) is 10.9 Å². The molecule has 1 heterocycles. The maximum atomic E-state index is 12.0. The second kappa shape index (κ2) is 5.61. The third kappa shape index (κ3) is 2.96. The van der Waals surface area contributed by atoms with Crippen LogP contribution in [0.2, 0.25) is 0 Å². The van der Waals surface area contributed by atoms with Crippen LogP contribution in [0.4, 0.5) is 0 Å². The quantitative estimate of drug-likeness (QED) is 0.480. The number of ketones is 1. The Kier molecular flexibility index (Phi) is 3.90. The fourth-order valence-corrected chi connectivity index (χ4v) is 1.93. The Balaban J connectivity index is 2.30. The molecule has 1 aromatic heterocycles. The maximum Gasteiger partial charge on any atom is 0.313 e. The number of carbonyl (C=O) groups is 2. The molecule has 0 radical (unpaired) electrons. The van der Waals surface area contributed by atoms with Crippen LogP contribution >= 0.6 is 0 Å². The van der Waals surface area contributed by atoms with Gasteiger partial charge in [0.15, 0.2) is 5.78 Å². The Labute approximate surface area is 111 Å². The lowest BCUT2D eigenvalue weighted by Gasteiger charge is -2.05. The van der Waals surface area contributed by atoms with Crippen LogP contribution in [0, 0.1) is 6.92 Å². The summed E-state index contributed by atoms with van der Waals surface area (Å²) < 4.78 is 4.76. The molecule has 0 N–H and O–H groups in total. The molecular formula is C15H15NO3. The van der Waals surface area contributed by atoms with Crippen molar-refractivity contribution in [2.45, 2.75) is 20.3 Å². The van der Waals surface area contributed by atoms with E-state index >= 15 is 0 Å². The molecule has 0 spiro atoms. The van der Waals surface area contributed by atoms with Gasteiger partial charge in [-0.25, -0.2) is 4.98 Å². The highest BCUT2D eigenvalue weighted by molar-refractivity contribution is 6.06. The Hall–Kier alpha value is -2.23. The molecule has 0 aliphatic carbocycles. The second-order valence-electron chi connectivity index (χ2n) is 4.25. The molecule has 4 nitrogen and oxygen atoms in total. The Bertz CT molecular complexity index is 634. The van der Waals surface area contributed by atoms with E-state index in [2.05, 4.69) is 4.98 Å². The van der Waals surface area contributed by atoms with Crippen molar-refractivity contribution in [2.24, 2.45) is 0 Å². The van der Waals surface area contributed by atoms with Gasteiger partial charge >= 0.3 is 5.97 Å². The van der Waals surface area contributed by atoms with Gasteiger partial charge in [0.05, 0.1) is 12.1 Å². The lowest BCUT2D eigenvalue weighted by atomic mass is 10.1. The number of esters is 1. The van der Waals surface area contributed by atoms with Crippen LogP contribution in [-0.2, 0) is 9.53 Å². The highest BCUT2D eigenvalue weighted by Crippen LogP contribution is 2.18. The third-order valence-corrected chi connectivity index (χ3v) is 2.82. The number of pyridine rings is 1. The van der Waals surface area contributed by atoms with Gasteiger partial charge in [0.2, 0.25) is 0 Å². The summed E-state index contributed by atoms with van der Waals surface area (Å²) >= 11 is 0. The molecule has 98 valence electrons. The molecule has 0 aliphatic rings. The highest BCUT2D eigenvalue weighted by atomic mass is 16.5. The first-order valence-electron chi connectivity index (χ1n) is 6.17. The molecule has 0 atom stereocenters. The summed E-state index contributed by atoms with van der Waals surface area (Å²) in [5.41, 5.74) is 2.04. The van der Waals surface area contributed by atoms with E-state index in [1.807, 2.05) is 31.2 Å². The fraction of sp³-hybridized carbons (Fsp3) is 0.267. The van der Waals surface area contributed by atoms with Gasteiger partial charge in [0, 0.05) is 5.39 Å². The molecular weight excluding hydrogens is 242 g/mol. The number of hydrogen-bond donors (Lipinski definition) is 0. The predicted octanol–water partition coefficient (Wildman–Crippen LogP) is 2.68. The number of aryl methyl sites for hydroxylation is 1. The fourth-order valence-electron chi connectivity index (χ4n) is 1.93. The average Bonchev–Trinajstić information content (AvgIpc) is 2.39. The standard InChI is InChI=1S/C15H15NO3/c1-3-19-15(18)9-14(17)13-8-10(2)11-6-4-5-7-12(11)16-13/h4-8H,3,9H2,1-2H3. The number of hydrogen-bond acceptors (Lipinski definition) is 4. The zero-order valence-electron chi connectivity index (χ0n) is 11.0. The summed E-state index contributed by atoms with van der Waals surface area (Å²) in [6.45, 7) is 3.91. The molecule has 4 heteroatoms. The van der Waals surface area contributed by atoms with Crippen LogP contribution in [-0.4, -0.2) is 23.3 Å². The maximum absolute atomic E-state index is 12.0. The SMILES string of the molecule is CCOC(=O)CC(=O)c1cc(C)c2ccccc2n1. The van der Waals surface area contributed by atoms with Crippen molar-refractivity contribution in [2.75, 3.05) is 6.61 Å². The zero-order valence-corrected chi connectivity index (χ0v) is 11.0. The van der Waals surface area contributed by atoms with E-state index in [0.717, 1.165) is 16.5 Å². The summed E-state index contributed by atoms with van der Waals surface area (Å²) in [4.78, 5) is 27.6. The number of rotatable bonds is 4. The number of fused-ring (bicyclic) bond motifs is 1. The summed E-state index contributed by atoms with van der Waals surface area (Å²) in [6, 6.07) is 9.32. The van der Waals surface area contributed by atoms with Crippen molar-refractivity contribution in [3.63, 3.8) is 0 Å². The van der Waals surface area contributed by atoms with Crippen molar-refractivity contribution in [1.29, 1.82) is 0 Å². The van der Waals surface area contributed by atoms with Gasteiger partial charge in [-0.3, -0.25) is 9.59 Å². The molecule has 0 saturated carbocycles. The number of para-hydroxylation sites is 1. The van der Waals surface area contributed by atoms with Gasteiger partial charge in [-0.15, -0.1) is 0 Å². The van der Waals surface area contributed by atoms with Crippen LogP contribution in [0.15, 0.2) is 30.3 Å². The van der Waals surface area contributed by atoms with Gasteiger partial charge in [-0.1, -0.05) is 18.2 Å². The monoisotopic (exact) mass is 257 g/mol. The van der Waals surface area contributed by atoms with E-state index in [4.69, 9.17) is 4.74 Å². The largest absolute Gasteiger partial charge is 0.466 e. The number of ether oxygens (including phenoxy) is 1. The predicted molar refractivity (Wildman–Crippen MR) is 72.1 cm³/mol. The molecule has 0 amide bonds. The van der Waals surface area contributed by atoms with Crippen LogP contribution in [0.3, 0.4) is 0 Å². The minimum absolute atomic E-state index is 0.265. The van der Waals surface area contributed by atoms with Crippen molar-refractivity contribution < 1.29 is 14.3 Å². The topological polar surface area (TPSA) is 56.3 Å². The Morgan fingerprint density at radius 2 is 2.00 bits per heavy atom. The van der Waals surface area contributed by atoms with Crippen molar-refractivity contribution in [1.82, 2.24) is 4.98 Å². The van der Waals surface area contributed by atoms with Crippen molar-refractivity contribution in [3.05, 3.63) is 41.6 Å². The van der Waals surface area contributed by atoms with E-state index in [9.17, 15) is 9.59 Å². The van der Waals surface area contributed by atoms with Gasteiger partial charge in [0.1, 0.15) is 12.1 Å². The van der Waals surface area contributed by atoms with Crippen molar-refractivity contribution >= 4 is 22.7 Å². The summed E-state index contributed by atoms with van der Waals surface area (Å²) in [7, 11) is 0. The van der Waals surface area contributed by atoms with Crippen LogP contribution in [0.5, 0.6) is 0 Å². The lowest BCUT2D eigenvalue weighted by molar-refractivity contribution is -0.141. The van der Waals surface area contributed by atoms with Crippen LogP contribution in [0.1, 0.15) is 29.4 Å². The first-order valence-corrected chi connectivity index (χ1v) is 6.17. The smallest absolute Gasteiger partial charge is 0.313 e. The number of aromatic nitrogens is 1. The molecule has 0 unspecified atom stereocenters. The van der Waals surface area contributed by atoms with E-state index in [0.29, 0.717) is 5.69 Å². The average molecular weight is 257 g/mol. The van der Waals surface area contributed by atoms with E-state index in [-0.39, 0.29) is 18.8 Å². The number of Topliss-reactive ketones (excluding diaryl/α,β-unsaturated/α-hetero) is 1. The molecule has 0 aliphatic heterocycles. The minimum Gasteiger partial charge on any atom is -0.466 e. The summed E-state index contributed by atoms with van der Waals surface area (Å²) in [5, 5.41) is 1.01. The van der Waals surface area contributed by atoms with Crippen LogP contribution < -0.4 is 0 Å². The Morgan fingerprint density at radius 3 is 2.74 bits per heavy atom. The van der Waals surface area contributed by atoms with Gasteiger partial charge in [-0.2, -0.15) is 0 Å². The van der Waals surface area contributed by atoms with Gasteiger partial charge < -0.3 is 4.74 Å². The summed E-state index contributed by atoms with van der Waals surface area (Å²) in [5.74, 6) is -0.826.